The molecule has 1 fully saturated rings. The van der Waals surface area contributed by atoms with E-state index in [1.54, 1.807) is 0 Å². The third kappa shape index (κ3) is 4.39. The largest absolute Gasteiger partial charge is 0.373 e. The molecule has 0 saturated carbocycles. The van der Waals surface area contributed by atoms with Crippen LogP contribution in [-0.4, -0.2) is 31.9 Å². The third-order valence-corrected chi connectivity index (χ3v) is 6.62. The van der Waals surface area contributed by atoms with Crippen LogP contribution < -0.4 is 0 Å². The number of nitrogens with zero attached hydrogens (tertiary/aromatic N) is 1. The van der Waals surface area contributed by atoms with E-state index in [-0.39, 0.29) is 16.0 Å². The molecular formula is C18H19ClFNO3S. The summed E-state index contributed by atoms with van der Waals surface area (Å²) >= 11 is 5.91. The van der Waals surface area contributed by atoms with Crippen LogP contribution in [0, 0.1) is 5.82 Å². The quantitative estimate of drug-likeness (QED) is 0.787. The van der Waals surface area contributed by atoms with Crippen LogP contribution in [0.2, 0.25) is 5.02 Å². The van der Waals surface area contributed by atoms with Crippen LogP contribution in [0.15, 0.2) is 53.4 Å². The van der Waals surface area contributed by atoms with Crippen molar-refractivity contribution in [1.29, 1.82) is 0 Å². The maximum atomic E-state index is 13.1. The van der Waals surface area contributed by atoms with Crippen molar-refractivity contribution in [2.75, 3.05) is 13.1 Å². The molecule has 2 aromatic carbocycles. The number of hydrogen-bond donors (Lipinski definition) is 0. The molecule has 0 bridgehead atoms. The molecule has 25 heavy (non-hydrogen) atoms. The molecule has 0 amide bonds. The van der Waals surface area contributed by atoms with Crippen molar-refractivity contribution < 1.29 is 17.5 Å². The van der Waals surface area contributed by atoms with Crippen LogP contribution in [0.4, 0.5) is 4.39 Å². The SMILES string of the molecule is O=S(=O)(c1ccc(F)cc1Cl)N1CCC(OCc2ccccc2)CC1. The summed E-state index contributed by atoms with van der Waals surface area (Å²) in [7, 11) is -3.72. The molecule has 134 valence electrons. The average Bonchev–Trinajstić information content (AvgIpc) is 2.61. The van der Waals surface area contributed by atoms with Crippen LogP contribution in [0.1, 0.15) is 18.4 Å². The van der Waals surface area contributed by atoms with Crippen molar-refractivity contribution in [2.24, 2.45) is 0 Å². The molecule has 2 aromatic rings. The van der Waals surface area contributed by atoms with E-state index in [0.717, 1.165) is 17.7 Å². The van der Waals surface area contributed by atoms with Crippen molar-refractivity contribution in [3.63, 3.8) is 0 Å². The van der Waals surface area contributed by atoms with E-state index in [1.165, 1.54) is 10.4 Å². The number of hydrogen-bond acceptors (Lipinski definition) is 3. The topological polar surface area (TPSA) is 46.6 Å². The molecule has 0 atom stereocenters. The van der Waals surface area contributed by atoms with Gasteiger partial charge in [-0.1, -0.05) is 41.9 Å². The van der Waals surface area contributed by atoms with Crippen LogP contribution in [-0.2, 0) is 21.4 Å². The lowest BCUT2D eigenvalue weighted by molar-refractivity contribution is 0.0102. The second kappa shape index (κ2) is 7.83. The van der Waals surface area contributed by atoms with Gasteiger partial charge in [-0.2, -0.15) is 4.31 Å². The van der Waals surface area contributed by atoms with E-state index in [1.807, 2.05) is 30.3 Å². The lowest BCUT2D eigenvalue weighted by atomic mass is 10.1. The number of piperidine rings is 1. The highest BCUT2D eigenvalue weighted by molar-refractivity contribution is 7.89. The molecule has 0 unspecified atom stereocenters. The third-order valence-electron chi connectivity index (χ3n) is 4.24. The van der Waals surface area contributed by atoms with Gasteiger partial charge in [0.2, 0.25) is 10.0 Å². The molecule has 3 rings (SSSR count). The Morgan fingerprint density at radius 3 is 2.44 bits per heavy atom. The number of sulfonamides is 1. The standard InChI is InChI=1S/C18H19ClFNO3S/c19-17-12-15(20)6-7-18(17)25(22,23)21-10-8-16(9-11-21)24-13-14-4-2-1-3-5-14/h1-7,12,16H,8-11,13H2. The van der Waals surface area contributed by atoms with Crippen molar-refractivity contribution in [1.82, 2.24) is 4.31 Å². The molecular weight excluding hydrogens is 365 g/mol. The van der Waals surface area contributed by atoms with Gasteiger partial charge in [0.1, 0.15) is 10.7 Å². The molecule has 0 aromatic heterocycles. The Hall–Kier alpha value is -1.47. The molecule has 0 spiro atoms. The monoisotopic (exact) mass is 383 g/mol. The molecule has 1 aliphatic rings. The summed E-state index contributed by atoms with van der Waals surface area (Å²) in [4.78, 5) is -0.0563. The highest BCUT2D eigenvalue weighted by Crippen LogP contribution is 2.28. The molecule has 0 aliphatic carbocycles. The zero-order valence-corrected chi connectivity index (χ0v) is 15.1. The highest BCUT2D eigenvalue weighted by Gasteiger charge is 2.31. The number of ether oxygens (including phenoxy) is 1. The predicted octanol–water partition coefficient (Wildman–Crippen LogP) is 3.85. The fourth-order valence-electron chi connectivity index (χ4n) is 2.85. The first kappa shape index (κ1) is 18.3. The summed E-state index contributed by atoms with van der Waals surface area (Å²) in [6.07, 6.45) is 1.26. The summed E-state index contributed by atoms with van der Waals surface area (Å²) in [6.45, 7) is 1.23. The molecule has 7 heteroatoms. The molecule has 0 N–H and O–H groups in total. The first-order chi connectivity index (χ1) is 12.0. The lowest BCUT2D eigenvalue weighted by Crippen LogP contribution is -2.40. The summed E-state index contributed by atoms with van der Waals surface area (Å²) < 4.78 is 45.8. The maximum Gasteiger partial charge on any atom is 0.244 e. The van der Waals surface area contributed by atoms with E-state index in [0.29, 0.717) is 32.5 Å². The van der Waals surface area contributed by atoms with Gasteiger partial charge in [0.15, 0.2) is 0 Å². The second-order valence-electron chi connectivity index (χ2n) is 5.97. The van der Waals surface area contributed by atoms with Crippen LogP contribution in [0.3, 0.4) is 0 Å². The van der Waals surface area contributed by atoms with Crippen LogP contribution in [0.5, 0.6) is 0 Å². The van der Waals surface area contributed by atoms with E-state index >= 15 is 0 Å². The Morgan fingerprint density at radius 1 is 1.12 bits per heavy atom. The number of benzene rings is 2. The molecule has 4 nitrogen and oxygen atoms in total. The summed E-state index contributed by atoms with van der Waals surface area (Å²) in [6, 6.07) is 13.2. The Kier molecular flexibility index (Phi) is 5.74. The van der Waals surface area contributed by atoms with Gasteiger partial charge < -0.3 is 4.74 Å². The fraction of sp³-hybridized carbons (Fsp3) is 0.333. The maximum absolute atomic E-state index is 13.1. The summed E-state index contributed by atoms with van der Waals surface area (Å²) in [5.74, 6) is -0.558. The van der Waals surface area contributed by atoms with Gasteiger partial charge in [-0.05, 0) is 36.6 Å². The minimum absolute atomic E-state index is 0.0235. The Morgan fingerprint density at radius 2 is 1.80 bits per heavy atom. The van der Waals surface area contributed by atoms with E-state index in [2.05, 4.69) is 0 Å². The Balaban J connectivity index is 1.59. The summed E-state index contributed by atoms with van der Waals surface area (Å²) in [5.41, 5.74) is 1.09. The van der Waals surface area contributed by atoms with Crippen molar-refractivity contribution >= 4 is 21.6 Å². The Labute approximate surface area is 152 Å². The van der Waals surface area contributed by atoms with Crippen molar-refractivity contribution in [2.45, 2.75) is 30.4 Å². The zero-order chi connectivity index (χ0) is 17.9. The fourth-order valence-corrected chi connectivity index (χ4v) is 4.83. The van der Waals surface area contributed by atoms with Gasteiger partial charge in [-0.3, -0.25) is 0 Å². The normalized spacial score (nSPS) is 16.9. The molecule has 1 saturated heterocycles. The second-order valence-corrected chi connectivity index (χ2v) is 8.29. The number of halogens is 2. The minimum atomic E-state index is -3.72. The van der Waals surface area contributed by atoms with E-state index in [4.69, 9.17) is 16.3 Å². The van der Waals surface area contributed by atoms with Crippen molar-refractivity contribution in [3.8, 4) is 0 Å². The lowest BCUT2D eigenvalue weighted by Gasteiger charge is -2.31. The van der Waals surface area contributed by atoms with Gasteiger partial charge in [-0.25, -0.2) is 12.8 Å². The van der Waals surface area contributed by atoms with Gasteiger partial charge >= 0.3 is 0 Å². The van der Waals surface area contributed by atoms with Gasteiger partial charge in [0, 0.05) is 13.1 Å². The van der Waals surface area contributed by atoms with E-state index < -0.39 is 15.8 Å². The first-order valence-corrected chi connectivity index (χ1v) is 9.89. The number of rotatable bonds is 5. The van der Waals surface area contributed by atoms with Gasteiger partial charge in [-0.15, -0.1) is 0 Å². The first-order valence-electron chi connectivity index (χ1n) is 8.07. The Bertz CT molecular complexity index is 821. The highest BCUT2D eigenvalue weighted by atomic mass is 35.5. The van der Waals surface area contributed by atoms with Crippen LogP contribution >= 0.6 is 11.6 Å². The van der Waals surface area contributed by atoms with Crippen molar-refractivity contribution in [3.05, 3.63) is 64.9 Å². The molecule has 1 aliphatic heterocycles. The molecule has 1 heterocycles. The summed E-state index contributed by atoms with van der Waals surface area (Å²) in [5, 5.41) is -0.0950. The average molecular weight is 384 g/mol. The predicted molar refractivity (Wildman–Crippen MR) is 94.4 cm³/mol. The zero-order valence-electron chi connectivity index (χ0n) is 13.6. The van der Waals surface area contributed by atoms with Crippen LogP contribution in [0.25, 0.3) is 0 Å². The smallest absolute Gasteiger partial charge is 0.244 e. The van der Waals surface area contributed by atoms with E-state index in [9.17, 15) is 12.8 Å². The van der Waals surface area contributed by atoms with Gasteiger partial charge in [0.25, 0.3) is 0 Å². The van der Waals surface area contributed by atoms with Gasteiger partial charge in [0.05, 0.1) is 17.7 Å². The minimum Gasteiger partial charge on any atom is -0.373 e. The molecule has 0 radical (unpaired) electrons.